The van der Waals surface area contributed by atoms with Gasteiger partial charge in [0, 0.05) is 19.1 Å². The second-order valence-electron chi connectivity index (χ2n) is 4.00. The summed E-state index contributed by atoms with van der Waals surface area (Å²) in [4.78, 5) is 17.3. The average molecular weight is 228 g/mol. The molecule has 0 bridgehead atoms. The monoisotopic (exact) mass is 228 g/mol. The van der Waals surface area contributed by atoms with E-state index in [0.29, 0.717) is 19.2 Å². The van der Waals surface area contributed by atoms with Crippen molar-refractivity contribution in [3.8, 4) is 0 Å². The fourth-order valence-electron chi connectivity index (χ4n) is 1.41. The summed E-state index contributed by atoms with van der Waals surface area (Å²) in [6.07, 6.45) is 0. The minimum absolute atomic E-state index is 0.0847. The molecule has 0 saturated carbocycles. The van der Waals surface area contributed by atoms with Crippen LogP contribution in [0.15, 0.2) is 4.99 Å². The summed E-state index contributed by atoms with van der Waals surface area (Å²) in [6, 6.07) is 0.132. The molecule has 1 fully saturated rings. The van der Waals surface area contributed by atoms with Crippen LogP contribution in [0.1, 0.15) is 13.8 Å². The maximum atomic E-state index is 11.3. The van der Waals surface area contributed by atoms with E-state index in [0.717, 1.165) is 13.1 Å². The summed E-state index contributed by atoms with van der Waals surface area (Å²) in [5, 5.41) is 2.76. The SMILES string of the molecule is CC(C)NC(=O)CN=C(N)N1CCOCC1. The van der Waals surface area contributed by atoms with Gasteiger partial charge in [0.25, 0.3) is 0 Å². The summed E-state index contributed by atoms with van der Waals surface area (Å²) in [5.74, 6) is 0.313. The van der Waals surface area contributed by atoms with E-state index < -0.39 is 0 Å². The summed E-state index contributed by atoms with van der Waals surface area (Å²) in [6.45, 7) is 6.70. The zero-order valence-corrected chi connectivity index (χ0v) is 9.90. The standard InChI is InChI=1S/C10H20N4O2/c1-8(2)13-9(15)7-12-10(11)14-3-5-16-6-4-14/h8H,3-7H2,1-2H3,(H2,11,12)(H,13,15). The van der Waals surface area contributed by atoms with Gasteiger partial charge in [-0.05, 0) is 13.8 Å². The number of rotatable bonds is 3. The molecule has 1 aliphatic heterocycles. The number of nitrogens with one attached hydrogen (secondary N) is 1. The molecule has 0 atom stereocenters. The van der Waals surface area contributed by atoms with Crippen LogP contribution in [0, 0.1) is 0 Å². The number of amides is 1. The Balaban J connectivity index is 2.34. The molecule has 6 nitrogen and oxygen atoms in total. The predicted octanol–water partition coefficient (Wildman–Crippen LogP) is -0.842. The Morgan fingerprint density at radius 3 is 2.69 bits per heavy atom. The van der Waals surface area contributed by atoms with Crippen molar-refractivity contribution in [3.63, 3.8) is 0 Å². The quantitative estimate of drug-likeness (QED) is 0.487. The Kier molecular flexibility index (Phi) is 5.04. The second-order valence-corrected chi connectivity index (χ2v) is 4.00. The molecule has 0 radical (unpaired) electrons. The van der Waals surface area contributed by atoms with E-state index in [9.17, 15) is 4.79 Å². The largest absolute Gasteiger partial charge is 0.378 e. The molecule has 6 heteroatoms. The van der Waals surface area contributed by atoms with E-state index in [1.165, 1.54) is 0 Å². The van der Waals surface area contributed by atoms with Crippen LogP contribution >= 0.6 is 0 Å². The van der Waals surface area contributed by atoms with Crippen molar-refractivity contribution in [2.75, 3.05) is 32.8 Å². The Morgan fingerprint density at radius 2 is 2.12 bits per heavy atom. The van der Waals surface area contributed by atoms with Crippen LogP contribution in [0.4, 0.5) is 0 Å². The first-order valence-electron chi connectivity index (χ1n) is 5.51. The fourth-order valence-corrected chi connectivity index (χ4v) is 1.41. The fraction of sp³-hybridized carbons (Fsp3) is 0.800. The van der Waals surface area contributed by atoms with E-state index >= 15 is 0 Å². The van der Waals surface area contributed by atoms with Crippen LogP contribution in [0.5, 0.6) is 0 Å². The van der Waals surface area contributed by atoms with Gasteiger partial charge in [-0.3, -0.25) is 4.79 Å². The third kappa shape index (κ3) is 4.48. The molecule has 0 aromatic rings. The smallest absolute Gasteiger partial charge is 0.242 e. The predicted molar refractivity (Wildman–Crippen MR) is 62.2 cm³/mol. The highest BCUT2D eigenvalue weighted by Crippen LogP contribution is 1.95. The van der Waals surface area contributed by atoms with Gasteiger partial charge >= 0.3 is 0 Å². The zero-order chi connectivity index (χ0) is 12.0. The maximum Gasteiger partial charge on any atom is 0.242 e. The van der Waals surface area contributed by atoms with Gasteiger partial charge in [0.1, 0.15) is 6.54 Å². The van der Waals surface area contributed by atoms with E-state index in [-0.39, 0.29) is 18.5 Å². The number of carbonyl (C=O) groups excluding carboxylic acids is 1. The minimum atomic E-state index is -0.105. The van der Waals surface area contributed by atoms with E-state index in [1.54, 1.807) is 0 Å². The lowest BCUT2D eigenvalue weighted by molar-refractivity contribution is -0.120. The number of aliphatic imine (C=N–C) groups is 1. The number of ether oxygens (including phenoxy) is 1. The van der Waals surface area contributed by atoms with Crippen molar-refractivity contribution in [1.29, 1.82) is 0 Å². The van der Waals surface area contributed by atoms with Crippen LogP contribution in [0.2, 0.25) is 0 Å². The van der Waals surface area contributed by atoms with Crippen molar-refractivity contribution in [1.82, 2.24) is 10.2 Å². The van der Waals surface area contributed by atoms with Gasteiger partial charge < -0.3 is 20.7 Å². The Morgan fingerprint density at radius 1 is 1.50 bits per heavy atom. The lowest BCUT2D eigenvalue weighted by Crippen LogP contribution is -2.45. The Labute approximate surface area is 95.8 Å². The lowest BCUT2D eigenvalue weighted by Gasteiger charge is -2.27. The van der Waals surface area contributed by atoms with Crippen molar-refractivity contribution >= 4 is 11.9 Å². The van der Waals surface area contributed by atoms with Gasteiger partial charge in [0.2, 0.25) is 5.91 Å². The number of hydrogen-bond donors (Lipinski definition) is 2. The highest BCUT2D eigenvalue weighted by Gasteiger charge is 2.12. The summed E-state index contributed by atoms with van der Waals surface area (Å²) in [7, 11) is 0. The molecule has 92 valence electrons. The molecule has 16 heavy (non-hydrogen) atoms. The van der Waals surface area contributed by atoms with E-state index in [1.807, 2.05) is 18.7 Å². The lowest BCUT2D eigenvalue weighted by atomic mass is 10.4. The molecule has 1 aliphatic rings. The molecule has 0 spiro atoms. The first kappa shape index (κ1) is 12.8. The number of guanidine groups is 1. The number of nitrogens with zero attached hydrogens (tertiary/aromatic N) is 2. The van der Waals surface area contributed by atoms with Gasteiger partial charge in [0.15, 0.2) is 5.96 Å². The van der Waals surface area contributed by atoms with Crippen LogP contribution in [-0.2, 0) is 9.53 Å². The number of nitrogens with two attached hydrogens (primary N) is 1. The van der Waals surface area contributed by atoms with Crippen molar-refractivity contribution < 1.29 is 9.53 Å². The topological polar surface area (TPSA) is 80.0 Å². The summed E-state index contributed by atoms with van der Waals surface area (Å²) in [5.41, 5.74) is 5.77. The van der Waals surface area contributed by atoms with Crippen molar-refractivity contribution in [2.24, 2.45) is 10.7 Å². The molecule has 0 unspecified atom stereocenters. The van der Waals surface area contributed by atoms with Crippen LogP contribution in [0.25, 0.3) is 0 Å². The molecule has 1 amide bonds. The first-order valence-corrected chi connectivity index (χ1v) is 5.51. The van der Waals surface area contributed by atoms with E-state index in [2.05, 4.69) is 10.3 Å². The number of hydrogen-bond acceptors (Lipinski definition) is 3. The number of carbonyl (C=O) groups is 1. The molecule has 1 saturated heterocycles. The molecule has 0 aromatic heterocycles. The molecular weight excluding hydrogens is 208 g/mol. The van der Waals surface area contributed by atoms with Crippen molar-refractivity contribution in [3.05, 3.63) is 0 Å². The van der Waals surface area contributed by atoms with Gasteiger partial charge in [-0.2, -0.15) is 0 Å². The molecular formula is C10H20N4O2. The van der Waals surface area contributed by atoms with Crippen molar-refractivity contribution in [2.45, 2.75) is 19.9 Å². The summed E-state index contributed by atoms with van der Waals surface area (Å²) >= 11 is 0. The third-order valence-corrected chi connectivity index (χ3v) is 2.17. The van der Waals surface area contributed by atoms with Crippen LogP contribution in [0.3, 0.4) is 0 Å². The Bertz CT molecular complexity index is 260. The van der Waals surface area contributed by atoms with Crippen LogP contribution < -0.4 is 11.1 Å². The van der Waals surface area contributed by atoms with Gasteiger partial charge in [0.05, 0.1) is 13.2 Å². The highest BCUT2D eigenvalue weighted by molar-refractivity contribution is 5.84. The van der Waals surface area contributed by atoms with E-state index in [4.69, 9.17) is 10.5 Å². The van der Waals surface area contributed by atoms with Gasteiger partial charge in [-0.1, -0.05) is 0 Å². The zero-order valence-electron chi connectivity index (χ0n) is 9.90. The molecule has 1 rings (SSSR count). The average Bonchev–Trinajstić information content (AvgIpc) is 2.26. The molecule has 1 heterocycles. The summed E-state index contributed by atoms with van der Waals surface area (Å²) < 4.78 is 5.20. The molecule has 0 aliphatic carbocycles. The van der Waals surface area contributed by atoms with Gasteiger partial charge in [-0.25, -0.2) is 4.99 Å². The number of morpholine rings is 1. The minimum Gasteiger partial charge on any atom is -0.378 e. The molecule has 3 N–H and O–H groups in total. The normalized spacial score (nSPS) is 17.7. The van der Waals surface area contributed by atoms with Gasteiger partial charge in [-0.15, -0.1) is 0 Å². The maximum absolute atomic E-state index is 11.3. The highest BCUT2D eigenvalue weighted by atomic mass is 16.5. The third-order valence-electron chi connectivity index (χ3n) is 2.17. The van der Waals surface area contributed by atoms with Crippen LogP contribution in [-0.4, -0.2) is 55.7 Å². The molecule has 0 aromatic carbocycles. The Hall–Kier alpha value is -1.30. The first-order chi connectivity index (χ1) is 7.59. The second kappa shape index (κ2) is 6.32.